The van der Waals surface area contributed by atoms with Gasteiger partial charge in [-0.25, -0.2) is 0 Å². The smallest absolute Gasteiger partial charge is 0.0203 e. The fraction of sp³-hybridized carbons (Fsp3) is 0.625. The average molecular weight is 144 g/mol. The fourth-order valence-electron chi connectivity index (χ4n) is 1.10. The molecule has 0 heterocycles. The molecule has 0 aromatic carbocycles. The summed E-state index contributed by atoms with van der Waals surface area (Å²) in [5, 5.41) is 0. The van der Waals surface area contributed by atoms with Crippen molar-refractivity contribution < 1.29 is 0 Å². The van der Waals surface area contributed by atoms with Crippen LogP contribution in [-0.4, -0.2) is 0 Å². The van der Waals surface area contributed by atoms with Crippen molar-refractivity contribution >= 4 is 12.4 Å². The van der Waals surface area contributed by atoms with E-state index in [1.165, 1.54) is 19.3 Å². The quantitative estimate of drug-likeness (QED) is 0.457. The van der Waals surface area contributed by atoms with Gasteiger partial charge in [0.05, 0.1) is 0 Å². The summed E-state index contributed by atoms with van der Waals surface area (Å²) in [5.41, 5.74) is 0. The second kappa shape index (κ2) is 4.70. The Bertz CT molecular complexity index is 95.6. The molecule has 0 saturated heterocycles. The summed E-state index contributed by atoms with van der Waals surface area (Å²) in [7, 11) is 0. The number of hydrogen-bond acceptors (Lipinski definition) is 0. The van der Waals surface area contributed by atoms with Crippen molar-refractivity contribution in [3.63, 3.8) is 0 Å². The number of halogens is 1. The molecule has 0 spiro atoms. The van der Waals surface area contributed by atoms with Gasteiger partial charge in [0, 0.05) is 5.92 Å². The van der Waals surface area contributed by atoms with E-state index in [1.54, 1.807) is 0 Å². The molecule has 0 aromatic rings. The molecular formula is C8H12Cl. The van der Waals surface area contributed by atoms with Crippen molar-refractivity contribution in [2.24, 2.45) is 5.92 Å². The molecule has 0 bridgehead atoms. The van der Waals surface area contributed by atoms with E-state index in [2.05, 4.69) is 12.3 Å². The Labute approximate surface area is 63.4 Å². The van der Waals surface area contributed by atoms with Crippen LogP contribution in [0.3, 0.4) is 0 Å². The van der Waals surface area contributed by atoms with E-state index in [0.717, 1.165) is 6.42 Å². The van der Waals surface area contributed by atoms with Crippen molar-refractivity contribution in [2.45, 2.75) is 25.7 Å². The molecule has 0 aliphatic heterocycles. The van der Waals surface area contributed by atoms with Gasteiger partial charge in [-0.2, -0.15) is 0 Å². The zero-order chi connectivity index (χ0) is 5.82. The van der Waals surface area contributed by atoms with Crippen molar-refractivity contribution in [1.82, 2.24) is 0 Å². The van der Waals surface area contributed by atoms with Crippen LogP contribution < -0.4 is 0 Å². The maximum atomic E-state index is 5.23. The van der Waals surface area contributed by atoms with Gasteiger partial charge in [-0.05, 0) is 19.3 Å². The zero-order valence-corrected chi connectivity index (χ0v) is 6.29. The highest BCUT2D eigenvalue weighted by molar-refractivity contribution is 5.85. The zero-order valence-electron chi connectivity index (χ0n) is 5.47. The summed E-state index contributed by atoms with van der Waals surface area (Å²) in [6, 6.07) is 0. The molecule has 1 radical (unpaired) electrons. The van der Waals surface area contributed by atoms with E-state index in [4.69, 9.17) is 6.42 Å². The van der Waals surface area contributed by atoms with E-state index in [1.807, 2.05) is 0 Å². The maximum absolute atomic E-state index is 5.23. The maximum Gasteiger partial charge on any atom is 0.0203 e. The third-order valence-corrected chi connectivity index (χ3v) is 1.65. The Morgan fingerprint density at radius 3 is 2.67 bits per heavy atom. The van der Waals surface area contributed by atoms with Crippen LogP contribution in [-0.2, 0) is 0 Å². The predicted octanol–water partition coefficient (Wildman–Crippen LogP) is 2.44. The number of terminal acetylenes is 1. The first kappa shape index (κ1) is 8.85. The first-order chi connectivity index (χ1) is 3.93. The first-order valence-electron chi connectivity index (χ1n) is 3.21. The summed E-state index contributed by atoms with van der Waals surface area (Å²) < 4.78 is 0. The number of hydrogen-bond donors (Lipinski definition) is 0. The SMILES string of the molecule is C#CC1C[CH]CCC1.Cl. The van der Waals surface area contributed by atoms with Gasteiger partial charge in [0.2, 0.25) is 0 Å². The van der Waals surface area contributed by atoms with Crippen LogP contribution >= 0.6 is 12.4 Å². The highest BCUT2D eigenvalue weighted by atomic mass is 35.5. The largest absolute Gasteiger partial charge is 0.147 e. The van der Waals surface area contributed by atoms with E-state index in [-0.39, 0.29) is 12.4 Å². The summed E-state index contributed by atoms with van der Waals surface area (Å²) in [5.74, 6) is 3.33. The second-order valence-corrected chi connectivity index (χ2v) is 2.32. The molecule has 1 heteroatoms. The van der Waals surface area contributed by atoms with Crippen LogP contribution in [0.5, 0.6) is 0 Å². The molecule has 0 aromatic heterocycles. The molecule has 1 rings (SSSR count). The van der Waals surface area contributed by atoms with E-state index >= 15 is 0 Å². The van der Waals surface area contributed by atoms with E-state index in [0.29, 0.717) is 5.92 Å². The fourth-order valence-corrected chi connectivity index (χ4v) is 1.10. The van der Waals surface area contributed by atoms with Gasteiger partial charge in [0.1, 0.15) is 0 Å². The van der Waals surface area contributed by atoms with Crippen molar-refractivity contribution in [2.75, 3.05) is 0 Å². The normalized spacial score (nSPS) is 19.9. The van der Waals surface area contributed by atoms with Crippen molar-refractivity contribution in [3.8, 4) is 12.3 Å². The lowest BCUT2D eigenvalue weighted by Gasteiger charge is -2.14. The summed E-state index contributed by atoms with van der Waals surface area (Å²) in [6.45, 7) is 0. The Hall–Kier alpha value is -0.150. The molecule has 0 nitrogen and oxygen atoms in total. The molecule has 0 N–H and O–H groups in total. The monoisotopic (exact) mass is 143 g/mol. The molecule has 1 saturated carbocycles. The van der Waals surface area contributed by atoms with Gasteiger partial charge < -0.3 is 0 Å². The topological polar surface area (TPSA) is 0 Å². The minimum absolute atomic E-state index is 0. The Kier molecular flexibility index (Phi) is 4.62. The minimum atomic E-state index is 0. The molecular weight excluding hydrogens is 132 g/mol. The molecule has 9 heavy (non-hydrogen) atoms. The van der Waals surface area contributed by atoms with E-state index in [9.17, 15) is 0 Å². The first-order valence-corrected chi connectivity index (χ1v) is 3.21. The Balaban J connectivity index is 0.000000640. The molecule has 51 valence electrons. The third kappa shape index (κ3) is 2.77. The predicted molar refractivity (Wildman–Crippen MR) is 42.3 cm³/mol. The summed E-state index contributed by atoms with van der Waals surface area (Å²) >= 11 is 0. The lowest BCUT2D eigenvalue weighted by atomic mass is 9.90. The van der Waals surface area contributed by atoms with Gasteiger partial charge in [-0.1, -0.05) is 12.8 Å². The lowest BCUT2D eigenvalue weighted by molar-refractivity contribution is 0.504. The van der Waals surface area contributed by atoms with Gasteiger partial charge >= 0.3 is 0 Å². The van der Waals surface area contributed by atoms with Crippen molar-refractivity contribution in [3.05, 3.63) is 6.42 Å². The Morgan fingerprint density at radius 2 is 2.33 bits per heavy atom. The van der Waals surface area contributed by atoms with Crippen LogP contribution in [0.15, 0.2) is 0 Å². The molecule has 1 atom stereocenters. The summed E-state index contributed by atoms with van der Waals surface area (Å²) in [6.07, 6.45) is 12.5. The van der Waals surface area contributed by atoms with Gasteiger partial charge in [-0.3, -0.25) is 0 Å². The third-order valence-electron chi connectivity index (χ3n) is 1.65. The number of rotatable bonds is 0. The van der Waals surface area contributed by atoms with Crippen LogP contribution in [0.1, 0.15) is 25.7 Å². The second-order valence-electron chi connectivity index (χ2n) is 2.32. The van der Waals surface area contributed by atoms with Crippen LogP contribution in [0.4, 0.5) is 0 Å². The van der Waals surface area contributed by atoms with Crippen LogP contribution in [0.2, 0.25) is 0 Å². The highest BCUT2D eigenvalue weighted by Gasteiger charge is 2.08. The van der Waals surface area contributed by atoms with Gasteiger partial charge in [0.25, 0.3) is 0 Å². The lowest BCUT2D eigenvalue weighted by Crippen LogP contribution is -2.02. The minimum Gasteiger partial charge on any atom is -0.147 e. The van der Waals surface area contributed by atoms with Gasteiger partial charge in [0.15, 0.2) is 0 Å². The van der Waals surface area contributed by atoms with Crippen LogP contribution in [0.25, 0.3) is 0 Å². The Morgan fingerprint density at radius 1 is 1.56 bits per heavy atom. The average Bonchev–Trinajstić information content (AvgIpc) is 1.90. The molecule has 1 unspecified atom stereocenters. The highest BCUT2D eigenvalue weighted by Crippen LogP contribution is 2.21. The molecule has 1 aliphatic rings. The summed E-state index contributed by atoms with van der Waals surface area (Å²) in [4.78, 5) is 0. The molecule has 1 aliphatic carbocycles. The van der Waals surface area contributed by atoms with Gasteiger partial charge in [-0.15, -0.1) is 24.8 Å². The van der Waals surface area contributed by atoms with E-state index < -0.39 is 0 Å². The van der Waals surface area contributed by atoms with Crippen LogP contribution in [0, 0.1) is 24.7 Å². The van der Waals surface area contributed by atoms with Crippen molar-refractivity contribution in [1.29, 1.82) is 0 Å². The molecule has 1 fully saturated rings. The molecule has 0 amide bonds. The standard InChI is InChI=1S/C8H11.ClH/c1-2-8-6-4-3-5-7-8;/h1,4,8H,3,5-7H2;1H.